The average Bonchev–Trinajstić information content (AvgIpc) is 3.39. The first-order valence-corrected chi connectivity index (χ1v) is 16.0. The molecule has 12 heteroatoms. The molecule has 1 saturated carbocycles. The predicted octanol–water partition coefficient (Wildman–Crippen LogP) is 5.58. The predicted molar refractivity (Wildman–Crippen MR) is 161 cm³/mol. The molecule has 0 atom stereocenters. The van der Waals surface area contributed by atoms with Gasteiger partial charge in [0.25, 0.3) is 0 Å². The second kappa shape index (κ2) is 12.7. The summed E-state index contributed by atoms with van der Waals surface area (Å²) in [6.45, 7) is 1.57. The summed E-state index contributed by atoms with van der Waals surface area (Å²) in [6.07, 6.45) is 5.68. The Morgan fingerprint density at radius 1 is 1.00 bits per heavy atom. The van der Waals surface area contributed by atoms with Gasteiger partial charge < -0.3 is 15.0 Å². The van der Waals surface area contributed by atoms with Gasteiger partial charge in [-0.05, 0) is 73.9 Å². The molecule has 1 aliphatic carbocycles. The molecule has 212 valence electrons. The van der Waals surface area contributed by atoms with Gasteiger partial charge in [-0.15, -0.1) is 11.3 Å². The van der Waals surface area contributed by atoms with E-state index in [1.54, 1.807) is 30.5 Å². The molecule has 5 rings (SSSR count). The molecular formula is C28H33ClN6O3S2. The summed E-state index contributed by atoms with van der Waals surface area (Å²) in [5, 5.41) is 4.47. The lowest BCUT2D eigenvalue weighted by molar-refractivity contribution is 0.284. The van der Waals surface area contributed by atoms with E-state index in [2.05, 4.69) is 15.0 Å². The highest BCUT2D eigenvalue weighted by atomic mass is 35.5. The third-order valence-electron chi connectivity index (χ3n) is 7.12. The fourth-order valence-electron chi connectivity index (χ4n) is 4.89. The largest absolute Gasteiger partial charge is 0.488 e. The normalized spacial score (nSPS) is 17.6. The smallest absolute Gasteiger partial charge is 0.240 e. The van der Waals surface area contributed by atoms with Crippen LogP contribution in [0.25, 0.3) is 10.9 Å². The number of aromatic nitrogens is 3. The van der Waals surface area contributed by atoms with Gasteiger partial charge in [0, 0.05) is 38.8 Å². The Morgan fingerprint density at radius 3 is 2.38 bits per heavy atom. The number of anilines is 2. The standard InChI is InChI=1S/C28H33ClN6O3S2/c1-35(2)26-24-5-3-4-6-25(24)33-28(34-26)31-15-19-7-9-20(10-8-19)16-32-40(36,37)23-13-11-21(12-14-23)38-18-22-17-30-27(29)39-22/h3-6,11-14,17,19-20,32H,7-10,15-16,18H2,1-2H3,(H,31,33,34). The average molecular weight is 601 g/mol. The SMILES string of the molecule is CN(C)c1nc(NCC2CCC(CNS(=O)(=O)c3ccc(OCc4cnc(Cl)s4)cc3)CC2)nc2ccccc12. The Labute approximate surface area is 244 Å². The van der Waals surface area contributed by atoms with Crippen LogP contribution in [0.4, 0.5) is 11.8 Å². The quantitative estimate of drug-likeness (QED) is 0.230. The van der Waals surface area contributed by atoms with Crippen molar-refractivity contribution >= 4 is 55.6 Å². The molecule has 2 N–H and O–H groups in total. The number of thiazole rings is 1. The van der Waals surface area contributed by atoms with Crippen molar-refractivity contribution in [1.29, 1.82) is 0 Å². The van der Waals surface area contributed by atoms with E-state index in [0.29, 0.717) is 41.2 Å². The molecule has 0 radical (unpaired) electrons. The number of fused-ring (bicyclic) bond motifs is 1. The number of ether oxygens (including phenoxy) is 1. The van der Waals surface area contributed by atoms with E-state index in [0.717, 1.165) is 53.8 Å². The van der Waals surface area contributed by atoms with Gasteiger partial charge in [0.05, 0.1) is 15.3 Å². The number of halogens is 1. The van der Waals surface area contributed by atoms with Crippen molar-refractivity contribution < 1.29 is 13.2 Å². The van der Waals surface area contributed by atoms with Crippen molar-refractivity contribution in [3.8, 4) is 5.75 Å². The van der Waals surface area contributed by atoms with Gasteiger partial charge in [-0.1, -0.05) is 23.7 Å². The van der Waals surface area contributed by atoms with Crippen molar-refractivity contribution in [2.24, 2.45) is 11.8 Å². The van der Waals surface area contributed by atoms with Crippen molar-refractivity contribution in [1.82, 2.24) is 19.7 Å². The van der Waals surface area contributed by atoms with Gasteiger partial charge in [0.1, 0.15) is 18.2 Å². The molecule has 0 bridgehead atoms. The first kappa shape index (κ1) is 28.5. The zero-order valence-electron chi connectivity index (χ0n) is 22.5. The van der Waals surface area contributed by atoms with Crippen LogP contribution in [0.2, 0.25) is 4.47 Å². The van der Waals surface area contributed by atoms with Gasteiger partial charge in [0.2, 0.25) is 16.0 Å². The van der Waals surface area contributed by atoms with Crippen molar-refractivity contribution in [2.45, 2.75) is 37.2 Å². The third-order valence-corrected chi connectivity index (χ3v) is 9.65. The van der Waals surface area contributed by atoms with E-state index in [1.807, 2.05) is 43.3 Å². The van der Waals surface area contributed by atoms with Gasteiger partial charge in [-0.25, -0.2) is 23.1 Å². The van der Waals surface area contributed by atoms with Crippen LogP contribution in [0.5, 0.6) is 5.75 Å². The number of hydrogen-bond acceptors (Lipinski definition) is 9. The molecule has 2 aromatic heterocycles. The summed E-state index contributed by atoms with van der Waals surface area (Å²) >= 11 is 7.19. The summed E-state index contributed by atoms with van der Waals surface area (Å²) < 4.78 is 34.7. The van der Waals surface area contributed by atoms with E-state index in [9.17, 15) is 8.42 Å². The highest BCUT2D eigenvalue weighted by Gasteiger charge is 2.24. The highest BCUT2D eigenvalue weighted by Crippen LogP contribution is 2.30. The van der Waals surface area contributed by atoms with E-state index in [1.165, 1.54) is 11.3 Å². The maximum absolute atomic E-state index is 12.9. The molecule has 0 spiro atoms. The summed E-state index contributed by atoms with van der Waals surface area (Å²) in [4.78, 5) is 16.5. The molecule has 0 amide bonds. The molecule has 40 heavy (non-hydrogen) atoms. The summed E-state index contributed by atoms with van der Waals surface area (Å²) in [5.41, 5.74) is 0.920. The van der Waals surface area contributed by atoms with Crippen LogP contribution in [0, 0.1) is 11.8 Å². The van der Waals surface area contributed by atoms with Crippen LogP contribution < -0.4 is 19.7 Å². The van der Waals surface area contributed by atoms with Gasteiger partial charge in [-0.2, -0.15) is 4.98 Å². The van der Waals surface area contributed by atoms with Crippen LogP contribution in [0.1, 0.15) is 30.6 Å². The monoisotopic (exact) mass is 600 g/mol. The summed E-state index contributed by atoms with van der Waals surface area (Å²) in [5.74, 6) is 2.94. The van der Waals surface area contributed by atoms with E-state index in [-0.39, 0.29) is 4.90 Å². The highest BCUT2D eigenvalue weighted by molar-refractivity contribution is 7.89. The maximum Gasteiger partial charge on any atom is 0.240 e. The Bertz CT molecular complexity index is 1540. The van der Waals surface area contributed by atoms with Crippen LogP contribution >= 0.6 is 22.9 Å². The molecule has 2 heterocycles. The number of para-hydroxylation sites is 1. The van der Waals surface area contributed by atoms with Gasteiger partial charge in [0.15, 0.2) is 4.47 Å². The second-order valence-electron chi connectivity index (χ2n) is 10.2. The van der Waals surface area contributed by atoms with Crippen molar-refractivity contribution in [3.63, 3.8) is 0 Å². The van der Waals surface area contributed by atoms with E-state index >= 15 is 0 Å². The molecule has 1 fully saturated rings. The third kappa shape index (κ3) is 7.20. The lowest BCUT2D eigenvalue weighted by Gasteiger charge is -2.28. The van der Waals surface area contributed by atoms with Crippen molar-refractivity contribution in [3.05, 3.63) is 64.1 Å². The van der Waals surface area contributed by atoms with Gasteiger partial charge in [-0.3, -0.25) is 0 Å². The fraction of sp³-hybridized carbons (Fsp3) is 0.393. The Balaban J connectivity index is 1.07. The molecular weight excluding hydrogens is 568 g/mol. The number of hydrogen-bond donors (Lipinski definition) is 2. The molecule has 0 saturated heterocycles. The topological polar surface area (TPSA) is 109 Å². The lowest BCUT2D eigenvalue weighted by Crippen LogP contribution is -2.32. The van der Waals surface area contributed by atoms with Crippen LogP contribution in [-0.2, 0) is 16.6 Å². The zero-order chi connectivity index (χ0) is 28.1. The summed E-state index contributed by atoms with van der Waals surface area (Å²) in [7, 11) is 0.380. The Morgan fingerprint density at radius 2 is 1.70 bits per heavy atom. The Hall–Kier alpha value is -2.99. The lowest BCUT2D eigenvalue weighted by atomic mass is 9.82. The molecule has 1 aliphatic rings. The van der Waals surface area contributed by atoms with E-state index in [4.69, 9.17) is 26.3 Å². The minimum atomic E-state index is -3.59. The van der Waals surface area contributed by atoms with Gasteiger partial charge >= 0.3 is 0 Å². The van der Waals surface area contributed by atoms with Crippen LogP contribution in [0.3, 0.4) is 0 Å². The molecule has 9 nitrogen and oxygen atoms in total. The number of nitrogens with zero attached hydrogens (tertiary/aromatic N) is 4. The Kier molecular flexibility index (Phi) is 9.04. The number of nitrogens with one attached hydrogen (secondary N) is 2. The second-order valence-corrected chi connectivity index (χ2v) is 13.7. The molecule has 4 aromatic rings. The maximum atomic E-state index is 12.9. The van der Waals surface area contributed by atoms with Crippen LogP contribution in [0.15, 0.2) is 59.6 Å². The first-order valence-electron chi connectivity index (χ1n) is 13.3. The first-order chi connectivity index (χ1) is 19.3. The minimum absolute atomic E-state index is 0.228. The van der Waals surface area contributed by atoms with Crippen LogP contribution in [-0.4, -0.2) is 50.6 Å². The number of benzene rings is 2. The molecule has 0 aliphatic heterocycles. The fourth-order valence-corrected chi connectivity index (χ4v) is 6.89. The zero-order valence-corrected chi connectivity index (χ0v) is 24.9. The van der Waals surface area contributed by atoms with Crippen molar-refractivity contribution in [2.75, 3.05) is 37.4 Å². The summed E-state index contributed by atoms with van der Waals surface area (Å²) in [6, 6.07) is 14.5. The number of sulfonamides is 1. The van der Waals surface area contributed by atoms with E-state index < -0.39 is 10.0 Å². The molecule has 0 unspecified atom stereocenters. The molecule has 2 aromatic carbocycles. The minimum Gasteiger partial charge on any atom is -0.488 e. The number of rotatable bonds is 11.